The van der Waals surface area contributed by atoms with Gasteiger partial charge in [-0.05, 0) is 116 Å². The first-order valence-electron chi connectivity index (χ1n) is 33.6. The van der Waals surface area contributed by atoms with Crippen molar-refractivity contribution in [1.29, 1.82) is 0 Å². The first kappa shape index (κ1) is 74.6. The summed E-state index contributed by atoms with van der Waals surface area (Å²) in [6.07, 6.45) is 87.5. The molecule has 0 N–H and O–H groups in total. The third-order valence-electron chi connectivity index (χ3n) is 14.6. The summed E-state index contributed by atoms with van der Waals surface area (Å²) >= 11 is 0. The van der Waals surface area contributed by atoms with Crippen molar-refractivity contribution < 1.29 is 28.6 Å². The molecule has 6 nitrogen and oxygen atoms in total. The van der Waals surface area contributed by atoms with Crippen LogP contribution in [-0.2, 0) is 28.6 Å². The molecule has 0 saturated carbocycles. The number of hydrogen-bond acceptors (Lipinski definition) is 6. The molecule has 0 aromatic heterocycles. The summed E-state index contributed by atoms with van der Waals surface area (Å²) in [5, 5.41) is 0. The number of rotatable bonds is 61. The molecule has 0 saturated heterocycles. The van der Waals surface area contributed by atoms with Crippen LogP contribution in [0.25, 0.3) is 0 Å². The van der Waals surface area contributed by atoms with E-state index >= 15 is 0 Å². The van der Waals surface area contributed by atoms with Gasteiger partial charge in [0.05, 0.1) is 0 Å². The molecule has 0 aliphatic heterocycles. The van der Waals surface area contributed by atoms with Crippen molar-refractivity contribution in [2.45, 2.75) is 341 Å². The highest BCUT2D eigenvalue weighted by Crippen LogP contribution is 2.17. The van der Waals surface area contributed by atoms with E-state index in [0.717, 1.165) is 103 Å². The zero-order chi connectivity index (χ0) is 56.4. The Kier molecular flexibility index (Phi) is 63.2. The fraction of sp³-hybridized carbons (Fsp3) is 0.764. The van der Waals surface area contributed by atoms with E-state index in [1.807, 2.05) is 0 Å². The fourth-order valence-electron chi connectivity index (χ4n) is 9.58. The van der Waals surface area contributed by atoms with Crippen LogP contribution in [0.15, 0.2) is 85.1 Å². The van der Waals surface area contributed by atoms with Gasteiger partial charge in [0.15, 0.2) is 6.10 Å². The van der Waals surface area contributed by atoms with Crippen LogP contribution >= 0.6 is 0 Å². The molecule has 0 heterocycles. The minimum atomic E-state index is -0.798. The SMILES string of the molecule is CC/C=C\C/C=C\C/C=C\C/C=C\CCCCC(=O)OCC(COC(=O)CCCCCCCCCCCCCCCCCCC/C=C\C/C=C\CCCCCCC)OC(=O)CCCCCCC/C=C\CCCCCCCCC. The fourth-order valence-corrected chi connectivity index (χ4v) is 9.58. The van der Waals surface area contributed by atoms with E-state index in [0.29, 0.717) is 19.3 Å². The van der Waals surface area contributed by atoms with Crippen molar-refractivity contribution in [3.05, 3.63) is 85.1 Å². The average Bonchev–Trinajstić information content (AvgIpc) is 3.44. The maximum atomic E-state index is 12.9. The second kappa shape index (κ2) is 66.1. The number of ether oxygens (including phenoxy) is 3. The number of unbranched alkanes of at least 4 members (excludes halogenated alkanes) is 36. The largest absolute Gasteiger partial charge is 0.462 e. The number of hydrogen-bond donors (Lipinski definition) is 0. The highest BCUT2D eigenvalue weighted by Gasteiger charge is 2.19. The van der Waals surface area contributed by atoms with Gasteiger partial charge in [-0.2, -0.15) is 0 Å². The lowest BCUT2D eigenvalue weighted by molar-refractivity contribution is -0.167. The summed E-state index contributed by atoms with van der Waals surface area (Å²) in [7, 11) is 0. The van der Waals surface area contributed by atoms with Gasteiger partial charge >= 0.3 is 17.9 Å². The molecule has 0 spiro atoms. The summed E-state index contributed by atoms with van der Waals surface area (Å²) < 4.78 is 16.9. The smallest absolute Gasteiger partial charge is 0.306 e. The number of esters is 3. The molecule has 1 unspecified atom stereocenters. The maximum Gasteiger partial charge on any atom is 0.306 e. The Morgan fingerprint density at radius 2 is 0.500 bits per heavy atom. The van der Waals surface area contributed by atoms with Gasteiger partial charge in [-0.1, -0.05) is 286 Å². The Bertz CT molecular complexity index is 1480. The zero-order valence-corrected chi connectivity index (χ0v) is 51.7. The minimum Gasteiger partial charge on any atom is -0.462 e. The van der Waals surface area contributed by atoms with Gasteiger partial charge in [0, 0.05) is 19.3 Å². The van der Waals surface area contributed by atoms with E-state index in [1.54, 1.807) is 0 Å². The monoisotopic (exact) mass is 1090 g/mol. The molecular formula is C72H126O6. The van der Waals surface area contributed by atoms with Crippen molar-refractivity contribution in [2.24, 2.45) is 0 Å². The van der Waals surface area contributed by atoms with Gasteiger partial charge in [-0.25, -0.2) is 0 Å². The van der Waals surface area contributed by atoms with Crippen LogP contribution in [0.5, 0.6) is 0 Å². The summed E-state index contributed by atoms with van der Waals surface area (Å²) in [6, 6.07) is 0. The van der Waals surface area contributed by atoms with Gasteiger partial charge in [-0.3, -0.25) is 14.4 Å². The highest BCUT2D eigenvalue weighted by molar-refractivity contribution is 5.71. The summed E-state index contributed by atoms with van der Waals surface area (Å²) in [5.41, 5.74) is 0. The topological polar surface area (TPSA) is 78.9 Å². The lowest BCUT2D eigenvalue weighted by atomic mass is 10.0. The van der Waals surface area contributed by atoms with Crippen LogP contribution < -0.4 is 0 Å². The van der Waals surface area contributed by atoms with Crippen molar-refractivity contribution in [3.63, 3.8) is 0 Å². The van der Waals surface area contributed by atoms with Crippen molar-refractivity contribution in [3.8, 4) is 0 Å². The third-order valence-corrected chi connectivity index (χ3v) is 14.6. The van der Waals surface area contributed by atoms with E-state index in [4.69, 9.17) is 14.2 Å². The molecule has 6 heteroatoms. The van der Waals surface area contributed by atoms with E-state index in [9.17, 15) is 14.4 Å². The highest BCUT2D eigenvalue weighted by atomic mass is 16.6. The van der Waals surface area contributed by atoms with E-state index < -0.39 is 6.10 Å². The van der Waals surface area contributed by atoms with Gasteiger partial charge in [-0.15, -0.1) is 0 Å². The molecule has 0 aliphatic rings. The molecule has 0 fully saturated rings. The van der Waals surface area contributed by atoms with Crippen LogP contribution in [-0.4, -0.2) is 37.2 Å². The van der Waals surface area contributed by atoms with E-state index in [-0.39, 0.29) is 31.1 Å². The number of carbonyl (C=O) groups is 3. The predicted molar refractivity (Wildman–Crippen MR) is 339 cm³/mol. The summed E-state index contributed by atoms with van der Waals surface area (Å²) in [4.78, 5) is 38.3. The van der Waals surface area contributed by atoms with Crippen LogP contribution in [0.1, 0.15) is 335 Å². The molecule has 0 bridgehead atoms. The molecule has 0 aromatic carbocycles. The standard InChI is InChI=1S/C72H126O6/c1-4-7-10-13-16-19-22-25-28-30-31-32-33-34-35-36-37-38-39-40-41-42-45-47-50-53-56-59-62-65-71(74)77-68-69(67-76-70(73)64-61-58-55-52-49-46-43-27-24-21-18-15-12-9-6-3)78-72(75)66-63-60-57-54-51-48-44-29-26-23-20-17-14-11-8-5-2/h9,12,18,21-22,25,27,29-31,43-44,49,52,69H,4-8,10-11,13-17,19-20,23-24,26,28,32-42,45-48,50-51,53-68H2,1-3H3/b12-9-,21-18-,25-22-,31-30-,43-27-,44-29-,52-49-. The Morgan fingerprint density at radius 3 is 0.821 bits per heavy atom. The van der Waals surface area contributed by atoms with E-state index in [1.165, 1.54) is 193 Å². The molecule has 78 heavy (non-hydrogen) atoms. The van der Waals surface area contributed by atoms with Gasteiger partial charge in [0.1, 0.15) is 13.2 Å². The van der Waals surface area contributed by atoms with Gasteiger partial charge in [0.25, 0.3) is 0 Å². The molecule has 0 aliphatic carbocycles. The zero-order valence-electron chi connectivity index (χ0n) is 51.7. The Hall–Kier alpha value is -3.41. The summed E-state index contributed by atoms with van der Waals surface area (Å²) in [5.74, 6) is -0.929. The van der Waals surface area contributed by atoms with Crippen molar-refractivity contribution >= 4 is 17.9 Å². The molecule has 0 aromatic rings. The second-order valence-electron chi connectivity index (χ2n) is 22.3. The first-order chi connectivity index (χ1) is 38.5. The van der Waals surface area contributed by atoms with Crippen molar-refractivity contribution in [1.82, 2.24) is 0 Å². The Balaban J connectivity index is 4.26. The van der Waals surface area contributed by atoms with Crippen molar-refractivity contribution in [2.75, 3.05) is 13.2 Å². The molecule has 0 radical (unpaired) electrons. The van der Waals surface area contributed by atoms with Crippen LogP contribution in [0, 0.1) is 0 Å². The average molecular weight is 1090 g/mol. The molecule has 450 valence electrons. The lowest BCUT2D eigenvalue weighted by Gasteiger charge is -2.18. The van der Waals surface area contributed by atoms with Crippen LogP contribution in [0.3, 0.4) is 0 Å². The van der Waals surface area contributed by atoms with Gasteiger partial charge < -0.3 is 14.2 Å². The molecule has 0 rings (SSSR count). The normalized spacial score (nSPS) is 12.6. The van der Waals surface area contributed by atoms with Crippen LogP contribution in [0.4, 0.5) is 0 Å². The Labute approximate surface area is 484 Å². The molecule has 1 atom stereocenters. The predicted octanol–water partition coefficient (Wildman–Crippen LogP) is 23.1. The minimum absolute atomic E-state index is 0.0908. The third kappa shape index (κ3) is 63.4. The lowest BCUT2D eigenvalue weighted by Crippen LogP contribution is -2.30. The molecule has 0 amide bonds. The van der Waals surface area contributed by atoms with Crippen LogP contribution in [0.2, 0.25) is 0 Å². The molecular weight excluding hydrogens is 961 g/mol. The summed E-state index contributed by atoms with van der Waals surface area (Å²) in [6.45, 7) is 6.51. The number of allylic oxidation sites excluding steroid dienone is 14. The quantitative estimate of drug-likeness (QED) is 0.0261. The second-order valence-corrected chi connectivity index (χ2v) is 22.3. The first-order valence-corrected chi connectivity index (χ1v) is 33.6. The van der Waals surface area contributed by atoms with E-state index in [2.05, 4.69) is 106 Å². The maximum absolute atomic E-state index is 12.9. The Morgan fingerprint density at radius 1 is 0.269 bits per heavy atom. The van der Waals surface area contributed by atoms with Gasteiger partial charge in [0.2, 0.25) is 0 Å². The number of carbonyl (C=O) groups excluding carboxylic acids is 3.